The molecule has 1 saturated carbocycles. The highest BCUT2D eigenvalue weighted by Crippen LogP contribution is 2.39. The molecule has 1 aliphatic rings. The summed E-state index contributed by atoms with van der Waals surface area (Å²) in [4.78, 5) is 12.7. The van der Waals surface area contributed by atoms with Crippen molar-refractivity contribution in [2.24, 2.45) is 11.1 Å². The van der Waals surface area contributed by atoms with E-state index >= 15 is 0 Å². The van der Waals surface area contributed by atoms with Gasteiger partial charge in [-0.1, -0.05) is 25.1 Å². The molecule has 0 atom stereocenters. The Morgan fingerprint density at radius 1 is 1.32 bits per heavy atom. The number of hydrogen-bond acceptors (Lipinski definition) is 3. The summed E-state index contributed by atoms with van der Waals surface area (Å²) in [5.74, 6) is 0.658. The Morgan fingerprint density at radius 2 is 1.89 bits per heavy atom. The summed E-state index contributed by atoms with van der Waals surface area (Å²) in [7, 11) is 1.61. The van der Waals surface area contributed by atoms with E-state index in [9.17, 15) is 4.79 Å². The van der Waals surface area contributed by atoms with Crippen LogP contribution >= 0.6 is 12.2 Å². The third-order valence-electron chi connectivity index (χ3n) is 3.71. The van der Waals surface area contributed by atoms with Crippen LogP contribution in [0.3, 0.4) is 0 Å². The molecule has 2 rings (SSSR count). The Bertz CT molecular complexity index is 479. The summed E-state index contributed by atoms with van der Waals surface area (Å²) in [6.07, 6.45) is 3.47. The van der Waals surface area contributed by atoms with Gasteiger partial charge in [0.15, 0.2) is 0 Å². The number of rotatable bonds is 4. The number of methoxy groups -OCH3 is 1. The molecular weight excluding hydrogens is 260 g/mol. The maximum absolute atomic E-state index is 12.4. The van der Waals surface area contributed by atoms with Gasteiger partial charge in [0.2, 0.25) is 5.91 Å². The van der Waals surface area contributed by atoms with Crippen molar-refractivity contribution >= 4 is 28.8 Å². The second kappa shape index (κ2) is 5.57. The SMILES string of the molecule is COc1ccc(NC(=O)C2(C(N)=S)CCCC2)cc1. The molecule has 0 spiro atoms. The standard InChI is InChI=1S/C14H18N2O2S/c1-18-11-6-4-10(5-7-11)16-13(17)14(12(15)19)8-2-3-9-14/h4-7H,2-3,8-9H2,1H3,(H2,15,19)(H,16,17). The lowest BCUT2D eigenvalue weighted by molar-refractivity contribution is -0.122. The van der Waals surface area contributed by atoms with Crippen molar-refractivity contribution in [1.29, 1.82) is 0 Å². The van der Waals surface area contributed by atoms with Gasteiger partial charge in [0, 0.05) is 5.69 Å². The fourth-order valence-electron chi connectivity index (χ4n) is 2.49. The molecule has 1 fully saturated rings. The molecule has 0 aromatic heterocycles. The van der Waals surface area contributed by atoms with Crippen LogP contribution in [0.2, 0.25) is 0 Å². The van der Waals surface area contributed by atoms with Gasteiger partial charge < -0.3 is 15.8 Å². The second-order valence-corrected chi connectivity index (χ2v) is 5.28. The molecule has 0 unspecified atom stereocenters. The van der Waals surface area contributed by atoms with Crippen LogP contribution in [0, 0.1) is 5.41 Å². The topological polar surface area (TPSA) is 64.3 Å². The highest BCUT2D eigenvalue weighted by Gasteiger charge is 2.43. The van der Waals surface area contributed by atoms with E-state index < -0.39 is 5.41 Å². The van der Waals surface area contributed by atoms with Gasteiger partial charge in [-0.25, -0.2) is 0 Å². The zero-order valence-corrected chi connectivity index (χ0v) is 11.8. The van der Waals surface area contributed by atoms with Crippen molar-refractivity contribution in [2.45, 2.75) is 25.7 Å². The molecule has 0 saturated heterocycles. The first-order valence-electron chi connectivity index (χ1n) is 6.34. The van der Waals surface area contributed by atoms with Crippen LogP contribution in [-0.4, -0.2) is 18.0 Å². The molecule has 19 heavy (non-hydrogen) atoms. The molecule has 0 bridgehead atoms. The maximum atomic E-state index is 12.4. The number of thiocarbonyl (C=S) groups is 1. The first-order chi connectivity index (χ1) is 9.08. The van der Waals surface area contributed by atoms with Crippen LogP contribution in [0.1, 0.15) is 25.7 Å². The Balaban J connectivity index is 2.12. The molecule has 0 radical (unpaired) electrons. The highest BCUT2D eigenvalue weighted by atomic mass is 32.1. The van der Waals surface area contributed by atoms with Crippen molar-refractivity contribution in [2.75, 3.05) is 12.4 Å². The van der Waals surface area contributed by atoms with Crippen LogP contribution < -0.4 is 15.8 Å². The van der Waals surface area contributed by atoms with E-state index in [4.69, 9.17) is 22.7 Å². The smallest absolute Gasteiger partial charge is 0.237 e. The average Bonchev–Trinajstić information content (AvgIpc) is 2.90. The minimum Gasteiger partial charge on any atom is -0.497 e. The van der Waals surface area contributed by atoms with E-state index in [1.165, 1.54) is 0 Å². The number of amides is 1. The van der Waals surface area contributed by atoms with Crippen LogP contribution in [-0.2, 0) is 4.79 Å². The Morgan fingerprint density at radius 3 is 2.37 bits per heavy atom. The molecule has 102 valence electrons. The number of nitrogens with two attached hydrogens (primary N) is 1. The van der Waals surface area contributed by atoms with Gasteiger partial charge in [0.05, 0.1) is 17.5 Å². The average molecular weight is 278 g/mol. The molecule has 5 heteroatoms. The summed E-state index contributed by atoms with van der Waals surface area (Å²) in [6.45, 7) is 0. The van der Waals surface area contributed by atoms with Gasteiger partial charge in [-0.05, 0) is 37.1 Å². The lowest BCUT2D eigenvalue weighted by Gasteiger charge is -2.26. The van der Waals surface area contributed by atoms with Gasteiger partial charge in [-0.3, -0.25) is 4.79 Å². The fraction of sp³-hybridized carbons (Fsp3) is 0.429. The highest BCUT2D eigenvalue weighted by molar-refractivity contribution is 7.80. The van der Waals surface area contributed by atoms with Gasteiger partial charge in [-0.15, -0.1) is 0 Å². The van der Waals surface area contributed by atoms with E-state index in [0.717, 1.165) is 37.1 Å². The number of nitrogens with one attached hydrogen (secondary N) is 1. The molecule has 1 aromatic carbocycles. The number of ether oxygens (including phenoxy) is 1. The maximum Gasteiger partial charge on any atom is 0.237 e. The van der Waals surface area contributed by atoms with Gasteiger partial charge in [-0.2, -0.15) is 0 Å². The number of hydrogen-bond donors (Lipinski definition) is 2. The normalized spacial score (nSPS) is 16.9. The van der Waals surface area contributed by atoms with Gasteiger partial charge in [0.1, 0.15) is 5.75 Å². The zero-order chi connectivity index (χ0) is 13.9. The molecule has 1 aliphatic carbocycles. The monoisotopic (exact) mass is 278 g/mol. The minimum absolute atomic E-state index is 0.0948. The van der Waals surface area contributed by atoms with Crippen LogP contribution in [0.25, 0.3) is 0 Å². The van der Waals surface area contributed by atoms with Crippen molar-refractivity contribution in [3.05, 3.63) is 24.3 Å². The number of carbonyl (C=O) groups excluding carboxylic acids is 1. The molecule has 0 aliphatic heterocycles. The summed E-state index contributed by atoms with van der Waals surface area (Å²) in [6, 6.07) is 7.22. The Hall–Kier alpha value is -1.62. The first-order valence-corrected chi connectivity index (χ1v) is 6.75. The van der Waals surface area contributed by atoms with Crippen LogP contribution in [0.15, 0.2) is 24.3 Å². The first kappa shape index (κ1) is 13.8. The Kier molecular flexibility index (Phi) is 4.04. The third kappa shape index (κ3) is 2.71. The summed E-state index contributed by atoms with van der Waals surface area (Å²) in [5.41, 5.74) is 5.84. The number of benzene rings is 1. The van der Waals surface area contributed by atoms with Crippen molar-refractivity contribution in [1.82, 2.24) is 0 Å². The van der Waals surface area contributed by atoms with Gasteiger partial charge in [0.25, 0.3) is 0 Å². The van der Waals surface area contributed by atoms with E-state index in [2.05, 4.69) is 5.32 Å². The summed E-state index contributed by atoms with van der Waals surface area (Å²) < 4.78 is 5.08. The number of carbonyl (C=O) groups is 1. The quantitative estimate of drug-likeness (QED) is 0.831. The predicted molar refractivity (Wildman–Crippen MR) is 79.3 cm³/mol. The van der Waals surface area contributed by atoms with Crippen molar-refractivity contribution in [3.63, 3.8) is 0 Å². The second-order valence-electron chi connectivity index (χ2n) is 4.84. The molecular formula is C14H18N2O2S. The predicted octanol–water partition coefficient (Wildman–Crippen LogP) is 2.48. The van der Waals surface area contributed by atoms with Crippen molar-refractivity contribution < 1.29 is 9.53 Å². The third-order valence-corrected chi connectivity index (χ3v) is 4.10. The Labute approximate surface area is 118 Å². The zero-order valence-electron chi connectivity index (χ0n) is 10.9. The molecule has 1 amide bonds. The van der Waals surface area contributed by atoms with Gasteiger partial charge >= 0.3 is 0 Å². The van der Waals surface area contributed by atoms with E-state index in [-0.39, 0.29) is 5.91 Å². The summed E-state index contributed by atoms with van der Waals surface area (Å²) in [5, 5.41) is 2.90. The minimum atomic E-state index is -0.671. The molecule has 0 heterocycles. The van der Waals surface area contributed by atoms with Crippen LogP contribution in [0.5, 0.6) is 5.75 Å². The molecule has 4 nitrogen and oxygen atoms in total. The molecule has 3 N–H and O–H groups in total. The lowest BCUT2D eigenvalue weighted by Crippen LogP contribution is -2.43. The van der Waals surface area contributed by atoms with Crippen LogP contribution in [0.4, 0.5) is 5.69 Å². The van der Waals surface area contributed by atoms with E-state index in [1.54, 1.807) is 31.4 Å². The number of anilines is 1. The lowest BCUT2D eigenvalue weighted by atomic mass is 9.85. The van der Waals surface area contributed by atoms with E-state index in [1.807, 2.05) is 0 Å². The largest absolute Gasteiger partial charge is 0.497 e. The van der Waals surface area contributed by atoms with Crippen molar-refractivity contribution in [3.8, 4) is 5.75 Å². The van der Waals surface area contributed by atoms with E-state index in [0.29, 0.717) is 4.99 Å². The molecule has 1 aromatic rings. The summed E-state index contributed by atoms with van der Waals surface area (Å²) >= 11 is 5.10. The fourth-order valence-corrected chi connectivity index (χ4v) is 2.79.